The second-order valence-electron chi connectivity index (χ2n) is 8.03. The van der Waals surface area contributed by atoms with Crippen LogP contribution in [-0.4, -0.2) is 31.3 Å². The van der Waals surface area contributed by atoms with E-state index in [-0.39, 0.29) is 5.82 Å². The number of imidazole rings is 1. The van der Waals surface area contributed by atoms with Crippen LogP contribution in [0.4, 0.5) is 16.0 Å². The lowest BCUT2D eigenvalue weighted by Crippen LogP contribution is -1.98. The number of anilines is 2. The largest absolute Gasteiger partial charge is 0.494 e. The highest BCUT2D eigenvalue weighted by Crippen LogP contribution is 2.31. The molecule has 0 aliphatic heterocycles. The van der Waals surface area contributed by atoms with Crippen LogP contribution in [-0.2, 0) is 0 Å². The fourth-order valence-corrected chi connectivity index (χ4v) is 3.95. The summed E-state index contributed by atoms with van der Waals surface area (Å²) in [5, 5.41) is 7.87. The van der Waals surface area contributed by atoms with Gasteiger partial charge in [0, 0.05) is 29.7 Å². The van der Waals surface area contributed by atoms with Crippen LogP contribution in [0.25, 0.3) is 22.5 Å². The maximum atomic E-state index is 13.6. The monoisotopic (exact) mass is 442 g/mol. The van der Waals surface area contributed by atoms with E-state index in [2.05, 4.69) is 15.4 Å². The van der Waals surface area contributed by atoms with Crippen molar-refractivity contribution in [2.45, 2.75) is 20.8 Å². The smallest absolute Gasteiger partial charge is 0.247 e. The molecule has 0 saturated heterocycles. The normalized spacial score (nSPS) is 11.2. The lowest BCUT2D eigenvalue weighted by Gasteiger charge is -2.11. The summed E-state index contributed by atoms with van der Waals surface area (Å²) in [6, 6.07) is 12.6. The average molecular weight is 442 g/mol. The van der Waals surface area contributed by atoms with E-state index in [4.69, 9.17) is 9.72 Å². The molecule has 8 heteroatoms. The van der Waals surface area contributed by atoms with Crippen LogP contribution < -0.4 is 10.1 Å². The third kappa shape index (κ3) is 3.91. The van der Waals surface area contributed by atoms with E-state index in [1.165, 1.54) is 12.1 Å². The summed E-state index contributed by atoms with van der Waals surface area (Å²) in [5.74, 6) is 0.890. The first-order valence-corrected chi connectivity index (χ1v) is 10.5. The topological polar surface area (TPSA) is 69.3 Å². The molecule has 3 aromatic heterocycles. The number of aromatic nitrogens is 5. The summed E-state index contributed by atoms with van der Waals surface area (Å²) in [6.07, 6.45) is 5.61. The Morgan fingerprint density at radius 3 is 2.55 bits per heavy atom. The zero-order valence-corrected chi connectivity index (χ0v) is 18.8. The molecule has 1 N–H and O–H groups in total. The number of aryl methyl sites for hydroxylation is 3. The summed E-state index contributed by atoms with van der Waals surface area (Å²) in [4.78, 5) is 9.00. The fourth-order valence-electron chi connectivity index (χ4n) is 3.95. The Kier molecular flexibility index (Phi) is 5.05. The number of rotatable bonds is 5. The molecule has 166 valence electrons. The Bertz CT molecular complexity index is 1490. The number of fused-ring (bicyclic) bond motifs is 1. The molecule has 0 saturated carbocycles. The second-order valence-corrected chi connectivity index (χ2v) is 8.03. The minimum atomic E-state index is -0.257. The third-order valence-corrected chi connectivity index (χ3v) is 5.47. The van der Waals surface area contributed by atoms with E-state index >= 15 is 0 Å². The first kappa shape index (κ1) is 20.7. The summed E-state index contributed by atoms with van der Waals surface area (Å²) in [6.45, 7) is 5.83. The van der Waals surface area contributed by atoms with E-state index < -0.39 is 0 Å². The Morgan fingerprint density at radius 1 is 0.970 bits per heavy atom. The van der Waals surface area contributed by atoms with Crippen molar-refractivity contribution in [2.75, 3.05) is 12.4 Å². The van der Waals surface area contributed by atoms with Crippen molar-refractivity contribution in [3.8, 4) is 22.6 Å². The fraction of sp³-hybridized carbons (Fsp3) is 0.160. The Balaban J connectivity index is 1.52. The Hall–Kier alpha value is -4.20. The van der Waals surface area contributed by atoms with Crippen molar-refractivity contribution >= 4 is 17.3 Å². The van der Waals surface area contributed by atoms with Gasteiger partial charge in [-0.15, -0.1) is 5.10 Å². The van der Waals surface area contributed by atoms with Gasteiger partial charge in [0.1, 0.15) is 11.6 Å². The lowest BCUT2D eigenvalue weighted by atomic mass is 10.0. The van der Waals surface area contributed by atoms with Crippen molar-refractivity contribution in [3.05, 3.63) is 83.8 Å². The van der Waals surface area contributed by atoms with Gasteiger partial charge in [0.2, 0.25) is 5.95 Å². The van der Waals surface area contributed by atoms with E-state index in [9.17, 15) is 4.39 Å². The van der Waals surface area contributed by atoms with E-state index in [1.807, 2.05) is 62.0 Å². The van der Waals surface area contributed by atoms with Crippen LogP contribution in [0.15, 0.2) is 61.2 Å². The number of halogens is 1. The molecule has 3 heterocycles. The highest BCUT2D eigenvalue weighted by atomic mass is 19.1. The molecule has 2 aromatic carbocycles. The molecule has 0 bridgehead atoms. The molecule has 0 spiro atoms. The van der Waals surface area contributed by atoms with E-state index in [0.717, 1.165) is 39.3 Å². The molecule has 0 unspecified atom stereocenters. The predicted octanol–water partition coefficient (Wildman–Crippen LogP) is 5.40. The van der Waals surface area contributed by atoms with Gasteiger partial charge < -0.3 is 14.6 Å². The average Bonchev–Trinajstić information content (AvgIpc) is 3.39. The van der Waals surface area contributed by atoms with Crippen molar-refractivity contribution < 1.29 is 9.13 Å². The van der Waals surface area contributed by atoms with Crippen LogP contribution in [0.3, 0.4) is 0 Å². The van der Waals surface area contributed by atoms with Gasteiger partial charge >= 0.3 is 0 Å². The van der Waals surface area contributed by atoms with Gasteiger partial charge in [-0.05, 0) is 67.8 Å². The second kappa shape index (κ2) is 8.05. The molecular weight excluding hydrogens is 419 g/mol. The van der Waals surface area contributed by atoms with Crippen LogP contribution in [0.1, 0.15) is 16.8 Å². The third-order valence-electron chi connectivity index (χ3n) is 5.47. The Morgan fingerprint density at radius 2 is 1.82 bits per heavy atom. The zero-order chi connectivity index (χ0) is 23.1. The van der Waals surface area contributed by atoms with Crippen molar-refractivity contribution in [2.24, 2.45) is 0 Å². The summed E-state index contributed by atoms with van der Waals surface area (Å²) >= 11 is 0. The number of hydrogen-bond acceptors (Lipinski definition) is 5. The molecule has 0 aliphatic rings. The van der Waals surface area contributed by atoms with Crippen LogP contribution in [0.2, 0.25) is 0 Å². The van der Waals surface area contributed by atoms with Crippen LogP contribution >= 0.6 is 0 Å². The van der Waals surface area contributed by atoms with Gasteiger partial charge in [-0.1, -0.05) is 6.07 Å². The summed E-state index contributed by atoms with van der Waals surface area (Å²) in [7, 11) is 1.63. The van der Waals surface area contributed by atoms with Crippen molar-refractivity contribution in [3.63, 3.8) is 0 Å². The Labute approximate surface area is 190 Å². The predicted molar refractivity (Wildman–Crippen MR) is 126 cm³/mol. The van der Waals surface area contributed by atoms with Gasteiger partial charge in [0.05, 0.1) is 24.8 Å². The molecule has 0 atom stereocenters. The number of methoxy groups -OCH3 is 1. The number of nitrogens with zero attached hydrogens (tertiary/aromatic N) is 5. The van der Waals surface area contributed by atoms with Gasteiger partial charge in [-0.25, -0.2) is 13.9 Å². The van der Waals surface area contributed by atoms with Crippen molar-refractivity contribution in [1.82, 2.24) is 24.1 Å². The van der Waals surface area contributed by atoms with E-state index in [1.54, 1.807) is 24.0 Å². The minimum absolute atomic E-state index is 0.257. The van der Waals surface area contributed by atoms with Gasteiger partial charge in [-0.3, -0.25) is 0 Å². The van der Waals surface area contributed by atoms with Crippen LogP contribution in [0.5, 0.6) is 5.75 Å². The number of ether oxygens (including phenoxy) is 1. The van der Waals surface area contributed by atoms with Gasteiger partial charge in [-0.2, -0.15) is 4.98 Å². The zero-order valence-electron chi connectivity index (χ0n) is 18.8. The molecule has 0 amide bonds. The molecular formula is C25H23FN6O. The first-order valence-electron chi connectivity index (χ1n) is 10.5. The molecule has 0 aliphatic carbocycles. The quantitative estimate of drug-likeness (QED) is 0.395. The summed E-state index contributed by atoms with van der Waals surface area (Å²) in [5.41, 5.74) is 6.98. The van der Waals surface area contributed by atoms with Gasteiger partial charge in [0.15, 0.2) is 5.65 Å². The molecule has 0 radical (unpaired) electrons. The molecule has 7 nitrogen and oxygen atoms in total. The lowest BCUT2D eigenvalue weighted by molar-refractivity contribution is 0.413. The van der Waals surface area contributed by atoms with Gasteiger partial charge in [0.25, 0.3) is 0 Å². The molecule has 33 heavy (non-hydrogen) atoms. The maximum Gasteiger partial charge on any atom is 0.247 e. The number of benzene rings is 2. The summed E-state index contributed by atoms with van der Waals surface area (Å²) < 4.78 is 22.9. The first-order chi connectivity index (χ1) is 15.9. The van der Waals surface area contributed by atoms with Crippen LogP contribution in [0, 0.1) is 26.6 Å². The molecule has 5 rings (SSSR count). The van der Waals surface area contributed by atoms with Crippen molar-refractivity contribution in [1.29, 1.82) is 0 Å². The highest BCUT2D eigenvalue weighted by Gasteiger charge is 2.14. The standard InChI is InChI=1S/C25H23FN6O/c1-15-9-21(20-7-5-18(26)10-16(20)2)24-29-25(30-32(24)12-15)28-19-6-8-22(23(11-19)33-4)31-13-17(3)27-14-31/h5-14H,1-4H3,(H,28,30). The maximum absolute atomic E-state index is 13.6. The molecule has 5 aromatic rings. The SMILES string of the molecule is COc1cc(Nc2nc3c(-c4ccc(F)cc4C)cc(C)cn3n2)ccc1-n1cnc(C)c1. The number of pyridine rings is 1. The van der Waals surface area contributed by atoms with E-state index in [0.29, 0.717) is 17.3 Å². The number of nitrogens with one attached hydrogen (secondary N) is 1. The number of hydrogen-bond donors (Lipinski definition) is 1. The molecule has 0 fully saturated rings. The minimum Gasteiger partial charge on any atom is -0.494 e. The highest BCUT2D eigenvalue weighted by molar-refractivity contribution is 5.80.